The Morgan fingerprint density at radius 2 is 1.94 bits per heavy atom. The average molecular weight is 247 g/mol. The third kappa shape index (κ3) is 3.89. The second-order valence-corrected chi connectivity index (χ2v) is 4.88. The van der Waals surface area contributed by atoms with Gasteiger partial charge >= 0.3 is 0 Å². The van der Waals surface area contributed by atoms with E-state index in [0.29, 0.717) is 6.42 Å². The van der Waals surface area contributed by atoms with Crippen LogP contribution in [0.25, 0.3) is 0 Å². The number of hydrogen-bond donors (Lipinski definition) is 0. The molecule has 4 heteroatoms. The van der Waals surface area contributed by atoms with Crippen molar-refractivity contribution in [3.05, 3.63) is 29.6 Å². The molecule has 18 heavy (non-hydrogen) atoms. The summed E-state index contributed by atoms with van der Waals surface area (Å²) >= 11 is 0. The highest BCUT2D eigenvalue weighted by Crippen LogP contribution is 2.08. The Labute approximate surface area is 109 Å². The molecular formula is C14H21N3O. The molecule has 4 nitrogen and oxygen atoms in total. The van der Waals surface area contributed by atoms with Gasteiger partial charge in [0.1, 0.15) is 6.29 Å². The van der Waals surface area contributed by atoms with E-state index in [1.54, 1.807) is 0 Å². The molecular weight excluding hydrogens is 226 g/mol. The molecule has 0 aliphatic carbocycles. The summed E-state index contributed by atoms with van der Waals surface area (Å²) < 4.78 is 0. The van der Waals surface area contributed by atoms with E-state index in [-0.39, 0.29) is 0 Å². The molecule has 0 unspecified atom stereocenters. The predicted octanol–water partition coefficient (Wildman–Crippen LogP) is 1.10. The van der Waals surface area contributed by atoms with Crippen LogP contribution in [0.4, 0.5) is 0 Å². The lowest BCUT2D eigenvalue weighted by atomic mass is 10.2. The lowest BCUT2D eigenvalue weighted by molar-refractivity contribution is -0.108. The van der Waals surface area contributed by atoms with Gasteiger partial charge in [-0.15, -0.1) is 0 Å². The van der Waals surface area contributed by atoms with Crippen molar-refractivity contribution < 1.29 is 4.79 Å². The molecule has 1 aliphatic rings. The summed E-state index contributed by atoms with van der Waals surface area (Å²) in [6, 6.07) is 4.22. The molecule has 1 saturated heterocycles. The molecule has 0 bridgehead atoms. The number of nitrogens with zero attached hydrogens (tertiary/aromatic N) is 3. The topological polar surface area (TPSA) is 36.4 Å². The molecule has 0 aromatic carbocycles. The van der Waals surface area contributed by atoms with Crippen LogP contribution < -0.4 is 0 Å². The Kier molecular flexibility index (Phi) is 4.84. The first-order chi connectivity index (χ1) is 8.78. The summed E-state index contributed by atoms with van der Waals surface area (Å²) in [6.07, 6.45) is 3.63. The fourth-order valence-corrected chi connectivity index (χ4v) is 2.26. The maximum Gasteiger partial charge on any atom is 0.121 e. The second kappa shape index (κ2) is 6.61. The third-order valence-electron chi connectivity index (χ3n) is 3.41. The molecule has 0 spiro atoms. The van der Waals surface area contributed by atoms with Crippen molar-refractivity contribution in [3.8, 4) is 0 Å². The monoisotopic (exact) mass is 247 g/mol. The number of aryl methyl sites for hydroxylation is 1. The van der Waals surface area contributed by atoms with Crippen LogP contribution in [-0.4, -0.2) is 53.8 Å². The second-order valence-electron chi connectivity index (χ2n) is 4.88. The SMILES string of the molecule is Cc1ccc(CN2CCN(CCC=O)CC2)cn1. The van der Waals surface area contributed by atoms with Crippen molar-refractivity contribution in [2.75, 3.05) is 32.7 Å². The summed E-state index contributed by atoms with van der Waals surface area (Å²) in [7, 11) is 0. The Balaban J connectivity index is 1.76. The molecule has 0 atom stereocenters. The average Bonchev–Trinajstić information content (AvgIpc) is 2.41. The maximum atomic E-state index is 10.3. The molecule has 2 rings (SSSR count). The van der Waals surface area contributed by atoms with Crippen molar-refractivity contribution in [1.82, 2.24) is 14.8 Å². The van der Waals surface area contributed by atoms with Gasteiger partial charge in [-0.1, -0.05) is 6.07 Å². The molecule has 0 saturated carbocycles. The minimum absolute atomic E-state index is 0.655. The smallest absolute Gasteiger partial charge is 0.121 e. The fourth-order valence-electron chi connectivity index (χ4n) is 2.26. The van der Waals surface area contributed by atoms with Crippen LogP contribution in [0.3, 0.4) is 0 Å². The van der Waals surface area contributed by atoms with E-state index in [9.17, 15) is 4.79 Å². The molecule has 0 amide bonds. The molecule has 0 N–H and O–H groups in total. The summed E-state index contributed by atoms with van der Waals surface area (Å²) in [6.45, 7) is 8.17. The van der Waals surface area contributed by atoms with Crippen LogP contribution in [0.15, 0.2) is 18.3 Å². The van der Waals surface area contributed by atoms with Gasteiger partial charge in [0.15, 0.2) is 0 Å². The van der Waals surface area contributed by atoms with Crippen molar-refractivity contribution in [3.63, 3.8) is 0 Å². The summed E-state index contributed by atoms with van der Waals surface area (Å²) in [4.78, 5) is 19.5. The number of aldehydes is 1. The molecule has 1 aromatic heterocycles. The predicted molar refractivity (Wildman–Crippen MR) is 71.4 cm³/mol. The van der Waals surface area contributed by atoms with E-state index in [1.165, 1.54) is 5.56 Å². The number of rotatable bonds is 5. The van der Waals surface area contributed by atoms with Crippen molar-refractivity contribution in [1.29, 1.82) is 0 Å². The summed E-state index contributed by atoms with van der Waals surface area (Å²) in [5.41, 5.74) is 2.35. The van der Waals surface area contributed by atoms with E-state index in [2.05, 4.69) is 26.9 Å². The zero-order valence-electron chi connectivity index (χ0n) is 11.0. The van der Waals surface area contributed by atoms with E-state index < -0.39 is 0 Å². The quantitative estimate of drug-likeness (QED) is 0.730. The Hall–Kier alpha value is -1.26. The van der Waals surface area contributed by atoms with Gasteiger partial charge in [0.25, 0.3) is 0 Å². The van der Waals surface area contributed by atoms with Crippen molar-refractivity contribution in [2.24, 2.45) is 0 Å². The van der Waals surface area contributed by atoms with Gasteiger partial charge in [-0.3, -0.25) is 9.88 Å². The molecule has 0 radical (unpaired) electrons. The van der Waals surface area contributed by atoms with E-state index in [4.69, 9.17) is 0 Å². The Morgan fingerprint density at radius 3 is 2.56 bits per heavy atom. The number of piperazine rings is 1. The number of carbonyl (C=O) groups excluding carboxylic acids is 1. The number of aromatic nitrogens is 1. The molecule has 1 fully saturated rings. The van der Waals surface area contributed by atoms with E-state index in [0.717, 1.165) is 51.2 Å². The van der Waals surface area contributed by atoms with E-state index in [1.807, 2.05) is 13.1 Å². The Bertz CT molecular complexity index is 369. The highest BCUT2D eigenvalue weighted by Gasteiger charge is 2.16. The van der Waals surface area contributed by atoms with Gasteiger partial charge in [-0.2, -0.15) is 0 Å². The minimum Gasteiger partial charge on any atom is -0.303 e. The van der Waals surface area contributed by atoms with Crippen LogP contribution in [0.5, 0.6) is 0 Å². The van der Waals surface area contributed by atoms with Crippen LogP contribution in [-0.2, 0) is 11.3 Å². The van der Waals surface area contributed by atoms with Gasteiger partial charge < -0.3 is 9.69 Å². The van der Waals surface area contributed by atoms with Crippen molar-refractivity contribution in [2.45, 2.75) is 19.9 Å². The van der Waals surface area contributed by atoms with Crippen LogP contribution in [0.2, 0.25) is 0 Å². The largest absolute Gasteiger partial charge is 0.303 e. The van der Waals surface area contributed by atoms with Gasteiger partial charge in [0, 0.05) is 57.6 Å². The number of carbonyl (C=O) groups is 1. The summed E-state index contributed by atoms with van der Waals surface area (Å²) in [5.74, 6) is 0. The molecule has 2 heterocycles. The number of hydrogen-bond acceptors (Lipinski definition) is 4. The Morgan fingerprint density at radius 1 is 1.22 bits per heavy atom. The molecule has 98 valence electrons. The molecule has 1 aliphatic heterocycles. The third-order valence-corrected chi connectivity index (χ3v) is 3.41. The standard InChI is InChI=1S/C14H21N3O/c1-13-3-4-14(11-15-13)12-17-8-6-16(7-9-17)5-2-10-18/h3-4,10-11H,2,5-9,12H2,1H3. The maximum absolute atomic E-state index is 10.3. The lowest BCUT2D eigenvalue weighted by Crippen LogP contribution is -2.46. The van der Waals surface area contributed by atoms with Gasteiger partial charge in [-0.05, 0) is 18.6 Å². The first-order valence-corrected chi connectivity index (χ1v) is 6.58. The fraction of sp³-hybridized carbons (Fsp3) is 0.571. The summed E-state index contributed by atoms with van der Waals surface area (Å²) in [5, 5.41) is 0. The van der Waals surface area contributed by atoms with E-state index >= 15 is 0 Å². The first-order valence-electron chi connectivity index (χ1n) is 6.58. The van der Waals surface area contributed by atoms with Crippen molar-refractivity contribution >= 4 is 6.29 Å². The van der Waals surface area contributed by atoms with Crippen LogP contribution in [0, 0.1) is 6.92 Å². The number of pyridine rings is 1. The highest BCUT2D eigenvalue weighted by molar-refractivity contribution is 5.49. The van der Waals surface area contributed by atoms with Gasteiger partial charge in [0.05, 0.1) is 0 Å². The zero-order valence-corrected chi connectivity index (χ0v) is 11.0. The molecule has 1 aromatic rings. The van der Waals surface area contributed by atoms with Crippen LogP contribution in [0.1, 0.15) is 17.7 Å². The normalized spacial score (nSPS) is 17.8. The zero-order chi connectivity index (χ0) is 12.8. The minimum atomic E-state index is 0.655. The highest BCUT2D eigenvalue weighted by atomic mass is 16.1. The van der Waals surface area contributed by atoms with Gasteiger partial charge in [-0.25, -0.2) is 0 Å². The van der Waals surface area contributed by atoms with Gasteiger partial charge in [0.2, 0.25) is 0 Å². The lowest BCUT2D eigenvalue weighted by Gasteiger charge is -2.34. The first kappa shape index (κ1) is 13.2. The van der Waals surface area contributed by atoms with Crippen LogP contribution >= 0.6 is 0 Å².